The van der Waals surface area contributed by atoms with Crippen LogP contribution in [0.3, 0.4) is 0 Å². The largest absolute Gasteiger partial charge is 0.327 e. The lowest BCUT2D eigenvalue weighted by Crippen LogP contribution is -2.39. The number of hydrogen-bond donors (Lipinski definition) is 2. The topological polar surface area (TPSA) is 50.9 Å². The molecule has 1 fully saturated rings. The third-order valence-electron chi connectivity index (χ3n) is 3.32. The molecule has 0 bridgehead atoms. The Kier molecular flexibility index (Phi) is 4.32. The fraction of sp³-hybridized carbons (Fsp3) is 0.750. The number of hydrogen-bond acceptors (Lipinski definition) is 4. The predicted octanol–water partition coefficient (Wildman–Crippen LogP) is 2.06. The van der Waals surface area contributed by atoms with Crippen molar-refractivity contribution in [2.24, 2.45) is 11.7 Å². The van der Waals surface area contributed by atoms with Gasteiger partial charge in [-0.15, -0.1) is 11.3 Å². The van der Waals surface area contributed by atoms with Crippen molar-refractivity contribution in [3.63, 3.8) is 0 Å². The number of nitrogens with zero attached hydrogens (tertiary/aromatic N) is 1. The van der Waals surface area contributed by atoms with Gasteiger partial charge in [-0.05, 0) is 32.2 Å². The average molecular weight is 239 g/mol. The second-order valence-electron chi connectivity index (χ2n) is 4.70. The second-order valence-corrected chi connectivity index (χ2v) is 6.02. The van der Waals surface area contributed by atoms with Gasteiger partial charge in [0.25, 0.3) is 0 Å². The summed E-state index contributed by atoms with van der Waals surface area (Å²) in [6, 6.07) is 0.402. The Labute approximate surface area is 101 Å². The van der Waals surface area contributed by atoms with Gasteiger partial charge < -0.3 is 11.1 Å². The van der Waals surface area contributed by atoms with Crippen molar-refractivity contribution in [2.45, 2.75) is 45.2 Å². The van der Waals surface area contributed by atoms with Crippen LogP contribution in [0.4, 0.5) is 0 Å². The normalized spacial score (nSPS) is 25.9. The van der Waals surface area contributed by atoms with Crippen molar-refractivity contribution in [1.82, 2.24) is 10.3 Å². The number of aryl methyl sites for hydroxylation is 1. The first-order chi connectivity index (χ1) is 7.75. The molecule has 0 saturated heterocycles. The molecule has 1 aromatic heterocycles. The van der Waals surface area contributed by atoms with Crippen LogP contribution in [0.5, 0.6) is 0 Å². The van der Waals surface area contributed by atoms with E-state index in [1.807, 2.05) is 6.20 Å². The van der Waals surface area contributed by atoms with Crippen molar-refractivity contribution in [3.05, 3.63) is 16.1 Å². The van der Waals surface area contributed by atoms with Crippen molar-refractivity contribution >= 4 is 11.3 Å². The van der Waals surface area contributed by atoms with Crippen LogP contribution in [-0.2, 0) is 6.54 Å². The summed E-state index contributed by atoms with van der Waals surface area (Å²) in [5.74, 6) is 0.662. The molecule has 1 aromatic rings. The third-order valence-corrected chi connectivity index (χ3v) is 4.23. The van der Waals surface area contributed by atoms with E-state index >= 15 is 0 Å². The number of aromatic nitrogens is 1. The van der Waals surface area contributed by atoms with Crippen LogP contribution in [0.15, 0.2) is 6.20 Å². The first-order valence-electron chi connectivity index (χ1n) is 6.13. The van der Waals surface area contributed by atoms with E-state index < -0.39 is 0 Å². The molecule has 1 saturated carbocycles. The smallest absolute Gasteiger partial charge is 0.107 e. The summed E-state index contributed by atoms with van der Waals surface area (Å²) < 4.78 is 0. The summed E-state index contributed by atoms with van der Waals surface area (Å²) in [6.07, 6.45) is 7.07. The Hall–Kier alpha value is -0.450. The van der Waals surface area contributed by atoms with Gasteiger partial charge in [-0.2, -0.15) is 0 Å². The molecule has 0 aliphatic heterocycles. The van der Waals surface area contributed by atoms with E-state index in [4.69, 9.17) is 5.73 Å². The molecule has 0 radical (unpaired) electrons. The van der Waals surface area contributed by atoms with E-state index in [1.54, 1.807) is 11.3 Å². The minimum absolute atomic E-state index is 0.402. The van der Waals surface area contributed by atoms with E-state index in [2.05, 4.69) is 17.2 Å². The van der Waals surface area contributed by atoms with E-state index in [1.165, 1.54) is 35.6 Å². The van der Waals surface area contributed by atoms with E-state index in [0.717, 1.165) is 13.1 Å². The summed E-state index contributed by atoms with van der Waals surface area (Å²) in [5.41, 5.74) is 6.11. The summed E-state index contributed by atoms with van der Waals surface area (Å²) in [5, 5.41) is 4.67. The van der Waals surface area contributed by atoms with Gasteiger partial charge in [0, 0.05) is 23.7 Å². The summed E-state index contributed by atoms with van der Waals surface area (Å²) in [6.45, 7) is 4.03. The Morgan fingerprint density at radius 3 is 3.00 bits per heavy atom. The number of nitrogens with one attached hydrogen (secondary N) is 1. The van der Waals surface area contributed by atoms with Crippen molar-refractivity contribution in [2.75, 3.05) is 6.54 Å². The molecule has 4 heteroatoms. The average Bonchev–Trinajstić information content (AvgIpc) is 2.67. The van der Waals surface area contributed by atoms with Gasteiger partial charge in [-0.3, -0.25) is 0 Å². The highest BCUT2D eigenvalue weighted by molar-refractivity contribution is 7.11. The van der Waals surface area contributed by atoms with Gasteiger partial charge in [-0.25, -0.2) is 4.98 Å². The molecular formula is C12H21N3S. The molecule has 3 N–H and O–H groups in total. The van der Waals surface area contributed by atoms with Crippen LogP contribution in [0.1, 0.15) is 35.6 Å². The lowest BCUT2D eigenvalue weighted by Gasteiger charge is -2.28. The Morgan fingerprint density at radius 2 is 2.31 bits per heavy atom. The molecule has 1 heterocycles. The van der Waals surface area contributed by atoms with Crippen molar-refractivity contribution < 1.29 is 0 Å². The molecular weight excluding hydrogens is 218 g/mol. The summed E-state index contributed by atoms with van der Waals surface area (Å²) in [7, 11) is 0. The van der Waals surface area contributed by atoms with Gasteiger partial charge in [0.2, 0.25) is 0 Å². The van der Waals surface area contributed by atoms with Gasteiger partial charge in [0.1, 0.15) is 5.01 Å². The van der Waals surface area contributed by atoms with Crippen molar-refractivity contribution in [3.8, 4) is 0 Å². The van der Waals surface area contributed by atoms with Gasteiger partial charge in [0.05, 0.1) is 0 Å². The molecule has 0 aromatic carbocycles. The monoisotopic (exact) mass is 239 g/mol. The van der Waals surface area contributed by atoms with Crippen LogP contribution in [0, 0.1) is 12.8 Å². The Bertz CT molecular complexity index is 324. The highest BCUT2D eigenvalue weighted by atomic mass is 32.1. The number of nitrogens with two attached hydrogens (primary N) is 1. The summed E-state index contributed by atoms with van der Waals surface area (Å²) in [4.78, 5) is 5.63. The fourth-order valence-corrected chi connectivity index (χ4v) is 3.09. The number of thiazole rings is 1. The maximum absolute atomic E-state index is 6.11. The third kappa shape index (κ3) is 3.27. The summed E-state index contributed by atoms with van der Waals surface area (Å²) >= 11 is 1.77. The SMILES string of the molecule is Cc1cnc(CNCC2CCCCC2N)s1. The van der Waals surface area contributed by atoms with Crippen molar-refractivity contribution in [1.29, 1.82) is 0 Å². The van der Waals surface area contributed by atoms with E-state index in [0.29, 0.717) is 12.0 Å². The molecule has 2 atom stereocenters. The Morgan fingerprint density at radius 1 is 1.50 bits per heavy atom. The zero-order chi connectivity index (χ0) is 11.4. The highest BCUT2D eigenvalue weighted by Crippen LogP contribution is 2.22. The molecule has 0 amide bonds. The first-order valence-corrected chi connectivity index (χ1v) is 6.95. The highest BCUT2D eigenvalue weighted by Gasteiger charge is 2.20. The van der Waals surface area contributed by atoms with E-state index in [9.17, 15) is 0 Å². The molecule has 16 heavy (non-hydrogen) atoms. The van der Waals surface area contributed by atoms with Crippen LogP contribution >= 0.6 is 11.3 Å². The zero-order valence-corrected chi connectivity index (χ0v) is 10.7. The fourth-order valence-electron chi connectivity index (χ4n) is 2.34. The number of rotatable bonds is 4. The molecule has 2 rings (SSSR count). The molecule has 1 aliphatic carbocycles. The second kappa shape index (κ2) is 5.75. The maximum atomic E-state index is 6.11. The first kappa shape index (κ1) is 12.0. The molecule has 3 nitrogen and oxygen atoms in total. The molecule has 90 valence electrons. The maximum Gasteiger partial charge on any atom is 0.107 e. The zero-order valence-electron chi connectivity index (χ0n) is 9.91. The lowest BCUT2D eigenvalue weighted by atomic mass is 9.85. The minimum Gasteiger partial charge on any atom is -0.327 e. The van der Waals surface area contributed by atoms with E-state index in [-0.39, 0.29) is 0 Å². The molecule has 2 unspecified atom stereocenters. The minimum atomic E-state index is 0.402. The molecule has 0 spiro atoms. The predicted molar refractivity (Wildman–Crippen MR) is 68.5 cm³/mol. The van der Waals surface area contributed by atoms with Crippen LogP contribution in [0.2, 0.25) is 0 Å². The quantitative estimate of drug-likeness (QED) is 0.845. The van der Waals surface area contributed by atoms with Gasteiger partial charge in [-0.1, -0.05) is 12.8 Å². The van der Waals surface area contributed by atoms with Crippen LogP contribution < -0.4 is 11.1 Å². The Balaban J connectivity index is 1.71. The lowest BCUT2D eigenvalue weighted by molar-refractivity contribution is 0.296. The molecule has 1 aliphatic rings. The van der Waals surface area contributed by atoms with Gasteiger partial charge >= 0.3 is 0 Å². The standard InChI is InChI=1S/C12H21N3S/c1-9-6-15-12(16-9)8-14-7-10-4-2-3-5-11(10)13/h6,10-11,14H,2-5,7-8,13H2,1H3. The van der Waals surface area contributed by atoms with Crippen LogP contribution in [0.25, 0.3) is 0 Å². The van der Waals surface area contributed by atoms with Gasteiger partial charge in [0.15, 0.2) is 0 Å². The van der Waals surface area contributed by atoms with Crippen LogP contribution in [-0.4, -0.2) is 17.6 Å².